The number of Topliss-reactive ketones (excluding diaryl/α,β-unsaturated/α-hetero) is 1. The van der Waals surface area contributed by atoms with E-state index in [-0.39, 0.29) is 24.7 Å². The first kappa shape index (κ1) is 20.9. The quantitative estimate of drug-likeness (QED) is 0.392. The van der Waals surface area contributed by atoms with Gasteiger partial charge in [-0.2, -0.15) is 0 Å². The van der Waals surface area contributed by atoms with E-state index >= 15 is 0 Å². The van der Waals surface area contributed by atoms with Crippen molar-refractivity contribution >= 4 is 35.1 Å². The van der Waals surface area contributed by atoms with Crippen LogP contribution >= 0.6 is 11.8 Å². The molecule has 0 bridgehead atoms. The molecule has 1 aliphatic heterocycles. The number of ether oxygens (including phenoxy) is 2. The largest absolute Gasteiger partial charge is 0.497 e. The average molecular weight is 413 g/mol. The normalized spacial score (nSPS) is 17.1. The third-order valence-electron chi connectivity index (χ3n) is 4.86. The molecular weight excluding hydrogens is 390 g/mol. The molecule has 0 N–H and O–H groups in total. The Morgan fingerprint density at radius 2 is 1.90 bits per heavy atom. The van der Waals surface area contributed by atoms with Gasteiger partial charge in [-0.15, -0.1) is 11.8 Å². The first-order chi connectivity index (χ1) is 13.9. The topological polar surface area (TPSA) is 72.9 Å². The first-order valence-corrected chi connectivity index (χ1v) is 10.5. The summed E-state index contributed by atoms with van der Waals surface area (Å²) in [5, 5.41) is 0. The van der Waals surface area contributed by atoms with Gasteiger partial charge < -0.3 is 14.4 Å². The van der Waals surface area contributed by atoms with Gasteiger partial charge in [0.2, 0.25) is 11.7 Å². The zero-order valence-electron chi connectivity index (χ0n) is 16.6. The maximum absolute atomic E-state index is 12.6. The highest BCUT2D eigenvalue weighted by Crippen LogP contribution is 2.29. The van der Waals surface area contributed by atoms with Crippen LogP contribution < -0.4 is 9.64 Å². The summed E-state index contributed by atoms with van der Waals surface area (Å²) in [6.07, 6.45) is 1.11. The van der Waals surface area contributed by atoms with Crippen molar-refractivity contribution in [1.82, 2.24) is 0 Å². The zero-order valence-corrected chi connectivity index (χ0v) is 17.4. The van der Waals surface area contributed by atoms with Gasteiger partial charge in [0.05, 0.1) is 13.0 Å². The molecule has 2 aromatic rings. The minimum atomic E-state index is -0.931. The molecule has 2 aromatic carbocycles. The highest BCUT2D eigenvalue weighted by atomic mass is 32.2. The van der Waals surface area contributed by atoms with E-state index in [1.165, 1.54) is 0 Å². The van der Waals surface area contributed by atoms with E-state index in [9.17, 15) is 14.4 Å². The molecule has 6 nitrogen and oxygen atoms in total. The fourth-order valence-electron chi connectivity index (χ4n) is 3.21. The van der Waals surface area contributed by atoms with E-state index in [1.807, 2.05) is 30.5 Å². The van der Waals surface area contributed by atoms with Crippen LogP contribution in [0.25, 0.3) is 0 Å². The predicted octanol–water partition coefficient (Wildman–Crippen LogP) is 3.58. The Morgan fingerprint density at radius 1 is 1.17 bits per heavy atom. The fourth-order valence-corrected chi connectivity index (χ4v) is 3.66. The number of benzene rings is 2. The van der Waals surface area contributed by atoms with E-state index in [0.717, 1.165) is 10.6 Å². The van der Waals surface area contributed by atoms with Crippen LogP contribution in [0.2, 0.25) is 0 Å². The molecule has 29 heavy (non-hydrogen) atoms. The molecule has 3 rings (SSSR count). The second-order valence-corrected chi connectivity index (χ2v) is 7.66. The number of anilines is 1. The third-order valence-corrected chi connectivity index (χ3v) is 5.59. The number of carbonyl (C=O) groups is 3. The number of thioether (sulfide) groups is 1. The number of amides is 1. The second kappa shape index (κ2) is 9.13. The first-order valence-electron chi connectivity index (χ1n) is 9.26. The number of rotatable bonds is 7. The lowest BCUT2D eigenvalue weighted by molar-refractivity contribution is -0.151. The van der Waals surface area contributed by atoms with E-state index < -0.39 is 18.0 Å². The lowest BCUT2D eigenvalue weighted by Gasteiger charge is -2.18. The molecule has 0 radical (unpaired) electrons. The van der Waals surface area contributed by atoms with Crippen molar-refractivity contribution in [2.45, 2.75) is 24.3 Å². The highest BCUT2D eigenvalue weighted by Gasteiger charge is 2.37. The van der Waals surface area contributed by atoms with Crippen LogP contribution in [0.3, 0.4) is 0 Å². The Hall–Kier alpha value is -2.80. The zero-order chi connectivity index (χ0) is 21.0. The molecule has 0 spiro atoms. The molecule has 152 valence electrons. The third kappa shape index (κ3) is 4.79. The maximum Gasteiger partial charge on any atom is 0.312 e. The van der Waals surface area contributed by atoms with E-state index in [4.69, 9.17) is 9.47 Å². The Labute approximate surface area is 174 Å². The molecule has 2 atom stereocenters. The number of methoxy groups -OCH3 is 1. The number of hydrogen-bond acceptors (Lipinski definition) is 6. The second-order valence-electron chi connectivity index (χ2n) is 6.78. The Bertz CT molecular complexity index is 912. The van der Waals surface area contributed by atoms with Crippen LogP contribution in [0.1, 0.15) is 23.7 Å². The molecular formula is C22H23NO5S. The molecule has 7 heteroatoms. The summed E-state index contributed by atoms with van der Waals surface area (Å²) in [5.74, 6) is -0.904. The molecule has 1 saturated heterocycles. The molecule has 1 aliphatic rings. The summed E-state index contributed by atoms with van der Waals surface area (Å²) in [6.45, 7) is 1.79. The summed E-state index contributed by atoms with van der Waals surface area (Å²) in [6, 6.07) is 14.2. The monoisotopic (exact) mass is 413 g/mol. The fraction of sp³-hybridized carbons (Fsp3) is 0.318. The average Bonchev–Trinajstić information content (AvgIpc) is 3.15. The lowest BCUT2D eigenvalue weighted by atomic mass is 10.1. The van der Waals surface area contributed by atoms with Crippen LogP contribution in [-0.2, 0) is 14.3 Å². The smallest absolute Gasteiger partial charge is 0.312 e. The minimum absolute atomic E-state index is 0.0752. The predicted molar refractivity (Wildman–Crippen MR) is 112 cm³/mol. The van der Waals surface area contributed by atoms with Gasteiger partial charge in [-0.05, 0) is 55.6 Å². The van der Waals surface area contributed by atoms with Crippen LogP contribution in [0, 0.1) is 5.92 Å². The molecule has 1 fully saturated rings. The van der Waals surface area contributed by atoms with Gasteiger partial charge in [0.15, 0.2) is 6.10 Å². The molecule has 1 heterocycles. The number of hydrogen-bond donors (Lipinski definition) is 0. The van der Waals surface area contributed by atoms with Gasteiger partial charge in [-0.3, -0.25) is 14.4 Å². The van der Waals surface area contributed by atoms with E-state index in [1.54, 1.807) is 55.0 Å². The number of esters is 1. The lowest BCUT2D eigenvalue weighted by Crippen LogP contribution is -2.30. The Kier molecular flexibility index (Phi) is 6.59. The van der Waals surface area contributed by atoms with Crippen molar-refractivity contribution in [3.05, 3.63) is 54.1 Å². The van der Waals surface area contributed by atoms with Crippen LogP contribution in [0.5, 0.6) is 5.75 Å². The summed E-state index contributed by atoms with van der Waals surface area (Å²) in [7, 11) is 1.55. The maximum atomic E-state index is 12.6. The minimum Gasteiger partial charge on any atom is -0.497 e. The van der Waals surface area contributed by atoms with Crippen LogP contribution in [0.4, 0.5) is 5.69 Å². The molecule has 1 amide bonds. The molecule has 0 aromatic heterocycles. The molecule has 0 unspecified atom stereocenters. The number of ketones is 1. The van der Waals surface area contributed by atoms with Gasteiger partial charge in [0, 0.05) is 29.1 Å². The number of nitrogens with zero attached hydrogens (tertiary/aromatic N) is 1. The van der Waals surface area contributed by atoms with Crippen molar-refractivity contribution in [2.24, 2.45) is 5.92 Å². The van der Waals surface area contributed by atoms with Crippen molar-refractivity contribution < 1.29 is 23.9 Å². The molecule has 0 aliphatic carbocycles. The summed E-state index contributed by atoms with van der Waals surface area (Å²) in [4.78, 5) is 40.1. The van der Waals surface area contributed by atoms with Gasteiger partial charge in [-0.1, -0.05) is 6.07 Å². The molecule has 0 saturated carbocycles. The van der Waals surface area contributed by atoms with Gasteiger partial charge in [-0.25, -0.2) is 0 Å². The van der Waals surface area contributed by atoms with Crippen molar-refractivity contribution in [3.63, 3.8) is 0 Å². The van der Waals surface area contributed by atoms with Crippen molar-refractivity contribution in [1.29, 1.82) is 0 Å². The van der Waals surface area contributed by atoms with Gasteiger partial charge in [0.1, 0.15) is 5.75 Å². The number of carbonyl (C=O) groups excluding carboxylic acids is 3. The van der Waals surface area contributed by atoms with Crippen molar-refractivity contribution in [2.75, 3.05) is 24.8 Å². The highest BCUT2D eigenvalue weighted by molar-refractivity contribution is 7.98. The van der Waals surface area contributed by atoms with E-state index in [0.29, 0.717) is 11.3 Å². The van der Waals surface area contributed by atoms with Crippen LogP contribution in [0.15, 0.2) is 53.4 Å². The summed E-state index contributed by atoms with van der Waals surface area (Å²) in [5.41, 5.74) is 1.20. The Morgan fingerprint density at radius 3 is 2.55 bits per heavy atom. The standard InChI is InChI=1S/C22H23NO5S/c1-14(21(25)15-7-9-18(27-2)10-8-15)28-22(26)16-11-20(24)23(13-16)17-5-4-6-19(12-17)29-3/h4-10,12,14,16H,11,13H2,1-3H3/t14-,16-/m1/s1. The summed E-state index contributed by atoms with van der Waals surface area (Å²) < 4.78 is 10.5. The van der Waals surface area contributed by atoms with Crippen LogP contribution in [-0.4, -0.2) is 43.7 Å². The summed E-state index contributed by atoms with van der Waals surface area (Å²) >= 11 is 1.59. The Balaban J connectivity index is 1.62. The van der Waals surface area contributed by atoms with Gasteiger partial charge >= 0.3 is 5.97 Å². The van der Waals surface area contributed by atoms with E-state index in [2.05, 4.69) is 0 Å². The van der Waals surface area contributed by atoms with Crippen molar-refractivity contribution in [3.8, 4) is 5.75 Å². The van der Waals surface area contributed by atoms with Gasteiger partial charge in [0.25, 0.3) is 0 Å². The SMILES string of the molecule is COc1ccc(C(=O)[C@@H](C)OC(=O)[C@@H]2CC(=O)N(c3cccc(SC)c3)C2)cc1.